The Morgan fingerprint density at radius 2 is 1.88 bits per heavy atom. The molecule has 2 bridgehead atoms. The van der Waals surface area contributed by atoms with Gasteiger partial charge in [0.1, 0.15) is 5.56 Å². The first-order chi connectivity index (χ1) is 15.4. The van der Waals surface area contributed by atoms with Gasteiger partial charge in [-0.15, -0.1) is 0 Å². The normalized spacial score (nSPS) is 33.0. The predicted octanol–water partition coefficient (Wildman–Crippen LogP) is 3.05. The van der Waals surface area contributed by atoms with E-state index in [1.807, 2.05) is 0 Å². The first-order valence-corrected chi connectivity index (χ1v) is 10.3. The summed E-state index contributed by atoms with van der Waals surface area (Å²) in [5.41, 5.74) is -5.71. The Morgan fingerprint density at radius 1 is 1.21 bits per heavy atom. The van der Waals surface area contributed by atoms with E-state index in [1.54, 1.807) is 13.8 Å². The van der Waals surface area contributed by atoms with Crippen molar-refractivity contribution in [1.29, 1.82) is 5.26 Å². The lowest BCUT2D eigenvalue weighted by atomic mass is 9.64. The number of hydrogen-bond donors (Lipinski definition) is 0. The number of nitriles is 1. The number of anilines is 1. The second kappa shape index (κ2) is 7.75. The van der Waals surface area contributed by atoms with Crippen LogP contribution in [0.15, 0.2) is 12.1 Å². The third-order valence-corrected chi connectivity index (χ3v) is 7.01. The molecule has 11 heteroatoms. The molecule has 178 valence electrons. The molecule has 0 saturated carbocycles. The molecule has 3 aliphatic heterocycles. The molecule has 1 aromatic rings. The van der Waals surface area contributed by atoms with Crippen LogP contribution in [0.5, 0.6) is 0 Å². The van der Waals surface area contributed by atoms with Crippen molar-refractivity contribution in [2.45, 2.75) is 37.6 Å². The standard InChI is InChI=1S/C22H22F4N2O5/c1-20-8-12(10-32-7-6-31-3)21(2,33-20)16-15(20)18(29)28(19(16)30)13-5-4-11(9-27)14(17(13)23)22(24,25)26/h4-5,12,15-16H,6-8,10H2,1-3H3/t12-,15+,16-,20+,21-/m0/s1. The highest BCUT2D eigenvalue weighted by molar-refractivity contribution is 6.23. The second-order valence-corrected chi connectivity index (χ2v) is 8.97. The highest BCUT2D eigenvalue weighted by Crippen LogP contribution is 2.63. The van der Waals surface area contributed by atoms with E-state index in [4.69, 9.17) is 19.5 Å². The van der Waals surface area contributed by atoms with Crippen LogP contribution >= 0.6 is 0 Å². The zero-order valence-corrected chi connectivity index (χ0v) is 18.2. The first kappa shape index (κ1) is 23.6. The Labute approximate surface area is 187 Å². The smallest absolute Gasteiger partial charge is 0.382 e. The summed E-state index contributed by atoms with van der Waals surface area (Å²) in [4.78, 5) is 27.1. The number of methoxy groups -OCH3 is 1. The quantitative estimate of drug-likeness (QED) is 0.361. The number of rotatable bonds is 6. The van der Waals surface area contributed by atoms with Crippen LogP contribution in [0.1, 0.15) is 31.4 Å². The number of amides is 2. The minimum absolute atomic E-state index is 0.240. The fourth-order valence-electron chi connectivity index (χ4n) is 5.63. The van der Waals surface area contributed by atoms with Gasteiger partial charge in [-0.3, -0.25) is 9.59 Å². The fraction of sp³-hybridized carbons (Fsp3) is 0.591. The molecular formula is C22H22F4N2O5. The van der Waals surface area contributed by atoms with Gasteiger partial charge in [0.05, 0.1) is 60.2 Å². The summed E-state index contributed by atoms with van der Waals surface area (Å²) in [6.07, 6.45) is -4.79. The molecule has 0 spiro atoms. The SMILES string of the molecule is COCCOC[C@@H]1C[C@@]2(C)O[C@]1(C)[C@@H]1C(=O)N(c3ccc(C#N)c(C(F)(F)F)c3F)C(=O)[C@@H]12. The summed E-state index contributed by atoms with van der Waals surface area (Å²) in [6, 6.07) is 2.92. The summed E-state index contributed by atoms with van der Waals surface area (Å²) in [5.74, 6) is -5.68. The lowest BCUT2D eigenvalue weighted by Gasteiger charge is -2.35. The van der Waals surface area contributed by atoms with E-state index in [-0.39, 0.29) is 12.5 Å². The van der Waals surface area contributed by atoms with Crippen molar-refractivity contribution in [3.05, 3.63) is 29.1 Å². The number of halogens is 4. The van der Waals surface area contributed by atoms with Gasteiger partial charge >= 0.3 is 6.18 Å². The van der Waals surface area contributed by atoms with Gasteiger partial charge in [-0.25, -0.2) is 9.29 Å². The minimum atomic E-state index is -5.18. The zero-order chi connectivity index (χ0) is 24.3. The molecule has 1 aromatic carbocycles. The van der Waals surface area contributed by atoms with Crippen molar-refractivity contribution in [3.63, 3.8) is 0 Å². The number of carbonyl (C=O) groups excluding carboxylic acids is 2. The van der Waals surface area contributed by atoms with Gasteiger partial charge in [0.25, 0.3) is 0 Å². The predicted molar refractivity (Wildman–Crippen MR) is 104 cm³/mol. The van der Waals surface area contributed by atoms with E-state index in [0.29, 0.717) is 24.5 Å². The van der Waals surface area contributed by atoms with Crippen LogP contribution in [0.3, 0.4) is 0 Å². The largest absolute Gasteiger partial charge is 0.420 e. The lowest BCUT2D eigenvalue weighted by molar-refractivity contribution is -0.140. The molecule has 4 rings (SSSR count). The fourth-order valence-corrected chi connectivity index (χ4v) is 5.63. The van der Waals surface area contributed by atoms with Gasteiger partial charge in [0.2, 0.25) is 11.8 Å². The topological polar surface area (TPSA) is 88.9 Å². The summed E-state index contributed by atoms with van der Waals surface area (Å²) in [7, 11) is 1.53. The van der Waals surface area contributed by atoms with E-state index in [0.717, 1.165) is 12.1 Å². The van der Waals surface area contributed by atoms with Gasteiger partial charge in [0, 0.05) is 13.0 Å². The molecule has 2 amide bonds. The Balaban J connectivity index is 1.71. The molecule has 3 aliphatic rings. The van der Waals surface area contributed by atoms with Gasteiger partial charge in [-0.05, 0) is 32.4 Å². The molecule has 0 N–H and O–H groups in total. The average Bonchev–Trinajstić information content (AvgIpc) is 3.25. The Kier molecular flexibility index (Phi) is 5.54. The Hall–Kier alpha value is -2.55. The van der Waals surface area contributed by atoms with Gasteiger partial charge in [0.15, 0.2) is 5.82 Å². The molecule has 3 heterocycles. The Bertz CT molecular complexity index is 1050. The molecule has 0 radical (unpaired) electrons. The number of benzene rings is 1. The molecule has 5 atom stereocenters. The highest BCUT2D eigenvalue weighted by atomic mass is 19.4. The van der Waals surface area contributed by atoms with Gasteiger partial charge in [-0.2, -0.15) is 18.4 Å². The van der Waals surface area contributed by atoms with Crippen molar-refractivity contribution in [3.8, 4) is 6.07 Å². The van der Waals surface area contributed by atoms with Crippen LogP contribution in [0.2, 0.25) is 0 Å². The van der Waals surface area contributed by atoms with E-state index in [1.165, 1.54) is 13.2 Å². The van der Waals surface area contributed by atoms with Crippen molar-refractivity contribution in [1.82, 2.24) is 0 Å². The molecule has 7 nitrogen and oxygen atoms in total. The number of ether oxygens (including phenoxy) is 3. The molecule has 33 heavy (non-hydrogen) atoms. The maximum Gasteiger partial charge on any atom is 0.420 e. The van der Waals surface area contributed by atoms with Crippen LogP contribution in [-0.4, -0.2) is 49.9 Å². The Morgan fingerprint density at radius 3 is 2.48 bits per heavy atom. The van der Waals surface area contributed by atoms with Crippen LogP contribution in [0.25, 0.3) is 0 Å². The number of fused-ring (bicyclic) bond motifs is 5. The van der Waals surface area contributed by atoms with Crippen LogP contribution in [-0.2, 0) is 30.0 Å². The third-order valence-electron chi connectivity index (χ3n) is 7.01. The van der Waals surface area contributed by atoms with E-state index < -0.39 is 63.7 Å². The molecule has 0 aromatic heterocycles. The van der Waals surface area contributed by atoms with Crippen molar-refractivity contribution in [2.75, 3.05) is 31.8 Å². The van der Waals surface area contributed by atoms with Crippen LogP contribution in [0, 0.1) is 34.9 Å². The molecular weight excluding hydrogens is 448 g/mol. The van der Waals surface area contributed by atoms with Gasteiger partial charge < -0.3 is 14.2 Å². The van der Waals surface area contributed by atoms with E-state index in [2.05, 4.69) is 0 Å². The van der Waals surface area contributed by atoms with Crippen molar-refractivity contribution >= 4 is 17.5 Å². The summed E-state index contributed by atoms with van der Waals surface area (Å²) in [5, 5.41) is 8.98. The van der Waals surface area contributed by atoms with Gasteiger partial charge in [-0.1, -0.05) is 0 Å². The molecule has 3 saturated heterocycles. The number of alkyl halides is 3. The molecule has 0 aliphatic carbocycles. The van der Waals surface area contributed by atoms with Crippen LogP contribution < -0.4 is 4.90 Å². The maximum absolute atomic E-state index is 15.0. The monoisotopic (exact) mass is 470 g/mol. The lowest BCUT2D eigenvalue weighted by Crippen LogP contribution is -2.47. The first-order valence-electron chi connectivity index (χ1n) is 10.3. The second-order valence-electron chi connectivity index (χ2n) is 8.97. The summed E-state index contributed by atoms with van der Waals surface area (Å²) < 4.78 is 72.1. The highest BCUT2D eigenvalue weighted by Gasteiger charge is 2.75. The zero-order valence-electron chi connectivity index (χ0n) is 18.2. The summed E-state index contributed by atoms with van der Waals surface area (Å²) in [6.45, 7) is 4.29. The number of hydrogen-bond acceptors (Lipinski definition) is 6. The van der Waals surface area contributed by atoms with Crippen molar-refractivity contribution in [2.24, 2.45) is 17.8 Å². The molecule has 0 unspecified atom stereocenters. The average molecular weight is 470 g/mol. The molecule has 3 fully saturated rings. The number of carbonyl (C=O) groups is 2. The summed E-state index contributed by atoms with van der Waals surface area (Å²) >= 11 is 0. The maximum atomic E-state index is 15.0. The minimum Gasteiger partial charge on any atom is -0.382 e. The number of imide groups is 1. The van der Waals surface area contributed by atoms with Crippen molar-refractivity contribution < 1.29 is 41.4 Å². The van der Waals surface area contributed by atoms with E-state index in [9.17, 15) is 22.8 Å². The third kappa shape index (κ3) is 3.34. The van der Waals surface area contributed by atoms with Crippen LogP contribution in [0.4, 0.5) is 23.2 Å². The number of nitrogens with zero attached hydrogens (tertiary/aromatic N) is 2. The van der Waals surface area contributed by atoms with E-state index >= 15 is 4.39 Å².